The summed E-state index contributed by atoms with van der Waals surface area (Å²) >= 11 is 1.43. The Morgan fingerprint density at radius 2 is 1.73 bits per heavy atom. The molecule has 1 aromatic heterocycles. The number of rotatable bonds is 7. The molecule has 3 aromatic rings. The van der Waals surface area contributed by atoms with Gasteiger partial charge in [-0.15, -0.1) is 11.3 Å². The molecule has 0 bridgehead atoms. The smallest absolute Gasteiger partial charge is 0.264 e. The first-order valence-corrected chi connectivity index (χ1v) is 12.7. The number of nitrogens with one attached hydrogen (secondary N) is 2. The lowest BCUT2D eigenvalue weighted by molar-refractivity contribution is -0.119. The Morgan fingerprint density at radius 3 is 2.33 bits per heavy atom. The van der Waals surface area contributed by atoms with E-state index < -0.39 is 15.9 Å². The molecule has 0 saturated carbocycles. The number of carbonyl (C=O) groups is 2. The fourth-order valence-corrected chi connectivity index (χ4v) is 4.93. The Balaban J connectivity index is 1.63. The van der Waals surface area contributed by atoms with Crippen LogP contribution in [0.4, 0.5) is 5.69 Å². The number of amides is 2. The van der Waals surface area contributed by atoms with Crippen molar-refractivity contribution >= 4 is 38.9 Å². The second-order valence-corrected chi connectivity index (χ2v) is 11.6. The van der Waals surface area contributed by atoms with E-state index in [1.165, 1.54) is 23.5 Å². The fraction of sp³-hybridized carbons (Fsp3) is 0.292. The van der Waals surface area contributed by atoms with Crippen molar-refractivity contribution < 1.29 is 18.0 Å². The third kappa shape index (κ3) is 7.23. The Hall–Kier alpha value is -3.04. The summed E-state index contributed by atoms with van der Waals surface area (Å²) in [4.78, 5) is 28.8. The van der Waals surface area contributed by atoms with Gasteiger partial charge in [-0.1, -0.05) is 45.0 Å². The number of sulfonamides is 1. The van der Waals surface area contributed by atoms with Crippen LogP contribution in [0.3, 0.4) is 0 Å². The van der Waals surface area contributed by atoms with Crippen LogP contribution < -0.4 is 10.0 Å². The predicted octanol–water partition coefficient (Wildman–Crippen LogP) is 4.54. The molecule has 0 saturated heterocycles. The minimum Gasteiger partial charge on any atom is -0.326 e. The topological polar surface area (TPSA) is 105 Å². The number of aromatic nitrogens is 1. The summed E-state index contributed by atoms with van der Waals surface area (Å²) in [7, 11) is -4.02. The molecule has 2 N–H and O–H groups in total. The first kappa shape index (κ1) is 24.6. The van der Waals surface area contributed by atoms with Gasteiger partial charge in [0.25, 0.3) is 10.0 Å². The van der Waals surface area contributed by atoms with Crippen LogP contribution in [-0.2, 0) is 26.0 Å². The van der Waals surface area contributed by atoms with E-state index in [-0.39, 0.29) is 22.6 Å². The second kappa shape index (κ2) is 9.84. The Morgan fingerprint density at radius 1 is 1.03 bits per heavy atom. The average molecular weight is 486 g/mol. The van der Waals surface area contributed by atoms with Gasteiger partial charge >= 0.3 is 0 Å². The molecule has 174 valence electrons. The minimum absolute atomic E-state index is 0.00175. The molecule has 0 unspecified atom stereocenters. The molecule has 0 aliphatic heterocycles. The minimum atomic E-state index is -4.02. The van der Waals surface area contributed by atoms with Crippen molar-refractivity contribution in [2.45, 2.75) is 45.4 Å². The number of aryl methyl sites for hydroxylation is 1. The standard InChI is InChI=1S/C24H27N3O4S2/c1-16-15-32-23(25-16)18-6-5-7-20(13-18)33(30,31)27-21(28)12-17-8-10-19(11-9-17)26-22(29)14-24(2,3)4/h5-11,13,15H,12,14H2,1-4H3,(H,26,29)(H,27,28). The van der Waals surface area contributed by atoms with Gasteiger partial charge in [-0.3, -0.25) is 9.59 Å². The number of carbonyl (C=O) groups excluding carboxylic acids is 2. The first-order chi connectivity index (χ1) is 15.4. The molecule has 2 amide bonds. The quantitative estimate of drug-likeness (QED) is 0.511. The van der Waals surface area contributed by atoms with Gasteiger partial charge in [0.2, 0.25) is 11.8 Å². The Bertz CT molecular complexity index is 1260. The lowest BCUT2D eigenvalue weighted by Crippen LogP contribution is -2.31. The third-order valence-corrected chi connectivity index (χ3v) is 6.93. The van der Waals surface area contributed by atoms with Crippen LogP contribution in [0.5, 0.6) is 0 Å². The van der Waals surface area contributed by atoms with Crippen molar-refractivity contribution in [3.63, 3.8) is 0 Å². The average Bonchev–Trinajstić information content (AvgIpc) is 3.14. The molecular weight excluding hydrogens is 458 g/mol. The zero-order valence-electron chi connectivity index (χ0n) is 19.0. The summed E-state index contributed by atoms with van der Waals surface area (Å²) in [5.41, 5.74) is 2.66. The summed E-state index contributed by atoms with van der Waals surface area (Å²) in [6.07, 6.45) is 0.277. The summed E-state index contributed by atoms with van der Waals surface area (Å²) in [6.45, 7) is 7.82. The molecule has 0 aliphatic rings. The van der Waals surface area contributed by atoms with Crippen molar-refractivity contribution in [2.75, 3.05) is 5.32 Å². The van der Waals surface area contributed by atoms with E-state index in [4.69, 9.17) is 0 Å². The SMILES string of the molecule is Cc1csc(-c2cccc(S(=O)(=O)NC(=O)Cc3ccc(NC(=O)CC(C)(C)C)cc3)c2)n1. The van der Waals surface area contributed by atoms with E-state index in [9.17, 15) is 18.0 Å². The molecule has 1 heterocycles. The molecule has 0 spiro atoms. The largest absolute Gasteiger partial charge is 0.326 e. The van der Waals surface area contributed by atoms with E-state index >= 15 is 0 Å². The maximum atomic E-state index is 12.7. The van der Waals surface area contributed by atoms with E-state index in [1.54, 1.807) is 36.4 Å². The number of hydrogen-bond donors (Lipinski definition) is 2. The van der Waals surface area contributed by atoms with Crippen molar-refractivity contribution in [2.24, 2.45) is 5.41 Å². The van der Waals surface area contributed by atoms with Gasteiger partial charge < -0.3 is 5.32 Å². The van der Waals surface area contributed by atoms with Crippen molar-refractivity contribution in [1.82, 2.24) is 9.71 Å². The molecule has 0 fully saturated rings. The molecule has 0 aliphatic carbocycles. The predicted molar refractivity (Wildman–Crippen MR) is 130 cm³/mol. The zero-order chi connectivity index (χ0) is 24.2. The van der Waals surface area contributed by atoms with Crippen molar-refractivity contribution in [1.29, 1.82) is 0 Å². The normalized spacial score (nSPS) is 11.8. The number of thiazole rings is 1. The van der Waals surface area contributed by atoms with Crippen molar-refractivity contribution in [3.8, 4) is 10.6 Å². The van der Waals surface area contributed by atoms with Crippen LogP contribution >= 0.6 is 11.3 Å². The van der Waals surface area contributed by atoms with E-state index in [0.717, 1.165) is 5.69 Å². The van der Waals surface area contributed by atoms with Gasteiger partial charge in [0.05, 0.1) is 11.3 Å². The number of nitrogens with zero attached hydrogens (tertiary/aromatic N) is 1. The van der Waals surface area contributed by atoms with Crippen LogP contribution in [0.15, 0.2) is 58.8 Å². The molecule has 9 heteroatoms. The second-order valence-electron chi connectivity index (χ2n) is 9.01. The van der Waals surface area contributed by atoms with Crippen LogP contribution in [0.25, 0.3) is 10.6 Å². The monoisotopic (exact) mass is 485 g/mol. The molecule has 7 nitrogen and oxygen atoms in total. The van der Waals surface area contributed by atoms with Gasteiger partial charge in [0.1, 0.15) is 5.01 Å². The maximum absolute atomic E-state index is 12.7. The van der Waals surface area contributed by atoms with Crippen LogP contribution in [0, 0.1) is 12.3 Å². The molecule has 2 aromatic carbocycles. The lowest BCUT2D eigenvalue weighted by Gasteiger charge is -2.17. The Kier molecular flexibility index (Phi) is 7.34. The summed E-state index contributed by atoms with van der Waals surface area (Å²) in [5, 5.41) is 5.42. The van der Waals surface area contributed by atoms with Gasteiger partial charge in [-0.05, 0) is 42.2 Å². The highest BCUT2D eigenvalue weighted by Crippen LogP contribution is 2.26. The van der Waals surface area contributed by atoms with E-state index in [1.807, 2.05) is 33.1 Å². The van der Waals surface area contributed by atoms with Gasteiger partial charge in [-0.25, -0.2) is 18.1 Å². The highest BCUT2D eigenvalue weighted by Gasteiger charge is 2.19. The van der Waals surface area contributed by atoms with Crippen LogP contribution in [0.2, 0.25) is 0 Å². The third-order valence-electron chi connectivity index (χ3n) is 4.55. The fourth-order valence-electron chi connectivity index (χ4n) is 3.11. The van der Waals surface area contributed by atoms with Crippen molar-refractivity contribution in [3.05, 3.63) is 65.2 Å². The number of anilines is 1. The Labute approximate surface area is 198 Å². The lowest BCUT2D eigenvalue weighted by atomic mass is 9.92. The molecule has 33 heavy (non-hydrogen) atoms. The highest BCUT2D eigenvalue weighted by atomic mass is 32.2. The number of hydrogen-bond acceptors (Lipinski definition) is 6. The molecule has 0 atom stereocenters. The molecule has 0 radical (unpaired) electrons. The summed E-state index contributed by atoms with van der Waals surface area (Å²) < 4.78 is 27.6. The van der Waals surface area contributed by atoms with Gasteiger partial charge in [-0.2, -0.15) is 0 Å². The summed E-state index contributed by atoms with van der Waals surface area (Å²) in [5.74, 6) is -0.732. The maximum Gasteiger partial charge on any atom is 0.264 e. The number of benzene rings is 2. The first-order valence-electron chi connectivity index (χ1n) is 10.4. The van der Waals surface area contributed by atoms with E-state index in [2.05, 4.69) is 15.0 Å². The highest BCUT2D eigenvalue weighted by molar-refractivity contribution is 7.90. The van der Waals surface area contributed by atoms with E-state index in [0.29, 0.717) is 28.2 Å². The molecular formula is C24H27N3O4S2. The molecule has 3 rings (SSSR count). The zero-order valence-corrected chi connectivity index (χ0v) is 20.6. The van der Waals surface area contributed by atoms with Gasteiger partial charge in [0.15, 0.2) is 0 Å². The van der Waals surface area contributed by atoms with Crippen LogP contribution in [-0.4, -0.2) is 25.2 Å². The van der Waals surface area contributed by atoms with Crippen LogP contribution in [0.1, 0.15) is 38.4 Å². The summed E-state index contributed by atoms with van der Waals surface area (Å²) in [6, 6.07) is 13.1. The van der Waals surface area contributed by atoms with Gasteiger partial charge in [0, 0.05) is 28.7 Å².